The zero-order chi connectivity index (χ0) is 56.7. The van der Waals surface area contributed by atoms with Crippen molar-refractivity contribution in [3.8, 4) is 0 Å². The molecule has 438 valence electrons. The van der Waals surface area contributed by atoms with Crippen LogP contribution in [0.25, 0.3) is 0 Å². The van der Waals surface area contributed by atoms with E-state index in [-0.39, 0.29) is 58.8 Å². The third-order valence-corrected chi connectivity index (χ3v) is 21.9. The predicted octanol–water partition coefficient (Wildman–Crippen LogP) is 12.4. The Morgan fingerprint density at radius 2 is 0.935 bits per heavy atom. The molecule has 14 heteroatoms. The SMILES string of the molecule is CCC(C)(C)C(=O)OC1(C)C2CC3CC(C2)CC1C3.CCC(C)(C)C(=O)OC12CC3CC(CC(O)(C3)C1)C2.CCC(C)(C)C(=O)OC1CCOC1=O.CCC(C)(C)C(=O)OCCNC(=O)OC1(C)C2CC3CC(C2)CC1C3. The lowest BCUT2D eigenvalue weighted by Crippen LogP contribution is -2.61. The van der Waals surface area contributed by atoms with Gasteiger partial charge in [0.25, 0.3) is 0 Å². The summed E-state index contributed by atoms with van der Waals surface area (Å²) >= 11 is 0. The first-order valence-electron chi connectivity index (χ1n) is 30.5. The molecule has 12 saturated carbocycles. The van der Waals surface area contributed by atoms with E-state index in [0.717, 1.165) is 68.6 Å². The zero-order valence-corrected chi connectivity index (χ0v) is 50.2. The fourth-order valence-corrected chi connectivity index (χ4v) is 15.7. The Hall–Kier alpha value is -3.42. The number of cyclic esters (lactones) is 1. The molecule has 12 aliphatic carbocycles. The van der Waals surface area contributed by atoms with Gasteiger partial charge in [-0.15, -0.1) is 0 Å². The average Bonchev–Trinajstić information content (AvgIpc) is 3.88. The van der Waals surface area contributed by atoms with Crippen LogP contribution in [0.2, 0.25) is 0 Å². The molecule has 3 unspecified atom stereocenters. The fraction of sp³-hybridized carbons (Fsp3) is 0.905. The quantitative estimate of drug-likeness (QED) is 0.0896. The van der Waals surface area contributed by atoms with Gasteiger partial charge in [0.05, 0.1) is 40.4 Å². The summed E-state index contributed by atoms with van der Waals surface area (Å²) in [5, 5.41) is 13.4. The number of ether oxygens (including phenoxy) is 6. The zero-order valence-electron chi connectivity index (χ0n) is 50.2. The van der Waals surface area contributed by atoms with E-state index in [1.807, 2.05) is 62.3 Å². The first-order chi connectivity index (χ1) is 35.8. The summed E-state index contributed by atoms with van der Waals surface area (Å²) in [6.45, 7) is 28.4. The van der Waals surface area contributed by atoms with Gasteiger partial charge in [0.1, 0.15) is 23.4 Å². The standard InChI is InChI=1S/C20H33NO4.C17H28O2.C16H26O3.C10H16O4/c1-5-19(2,3)17(22)24-7-6-21-18(23)25-20(4)15-9-13-8-14(11-15)12-16(20)10-13;1-5-16(2,3)15(18)19-17(4)13-7-11-6-12(9-13)10-14(17)8-11;1-4-14(2,3)13(17)19-16-8-11-5-12(9-16)7-15(18,6-11)10-16;1-4-10(2,3)9(12)14-7-5-6-13-8(7)11/h13-16H,5-12H2,1-4H3,(H,21,23);11-14H,5-10H2,1-4H3;11-12,18H,4-10H2,1-3H3;7H,4-6H2,1-3H3. The number of aliphatic hydroxyl groups is 1. The highest BCUT2D eigenvalue weighted by Gasteiger charge is 2.61. The molecule has 0 aromatic heterocycles. The van der Waals surface area contributed by atoms with Crippen molar-refractivity contribution in [3.05, 3.63) is 0 Å². The monoisotopic (exact) mass is 1080 g/mol. The minimum Gasteiger partial charge on any atom is -0.463 e. The average molecular weight is 1080 g/mol. The minimum atomic E-state index is -0.687. The van der Waals surface area contributed by atoms with Gasteiger partial charge in [-0.05, 0) is 250 Å². The van der Waals surface area contributed by atoms with E-state index < -0.39 is 33.9 Å². The molecule has 0 aromatic rings. The highest BCUT2D eigenvalue weighted by Crippen LogP contribution is 2.62. The van der Waals surface area contributed by atoms with E-state index in [1.54, 1.807) is 13.8 Å². The van der Waals surface area contributed by atoms with Crippen LogP contribution < -0.4 is 5.32 Å². The smallest absolute Gasteiger partial charge is 0.407 e. The first-order valence-corrected chi connectivity index (χ1v) is 30.5. The number of rotatable bonds is 15. The second-order valence-corrected chi connectivity index (χ2v) is 29.4. The lowest BCUT2D eigenvalue weighted by atomic mass is 9.50. The van der Waals surface area contributed by atoms with E-state index in [1.165, 1.54) is 70.6 Å². The van der Waals surface area contributed by atoms with Crippen molar-refractivity contribution < 1.29 is 62.3 Å². The summed E-state index contributed by atoms with van der Waals surface area (Å²) in [6.07, 6.45) is 21.0. The number of hydrogen-bond donors (Lipinski definition) is 2. The van der Waals surface area contributed by atoms with Crippen molar-refractivity contribution >= 4 is 35.9 Å². The van der Waals surface area contributed by atoms with Gasteiger partial charge in [-0.2, -0.15) is 0 Å². The van der Waals surface area contributed by atoms with Crippen LogP contribution in [0.3, 0.4) is 0 Å². The third-order valence-electron chi connectivity index (χ3n) is 21.9. The van der Waals surface area contributed by atoms with Gasteiger partial charge in [-0.25, -0.2) is 9.59 Å². The van der Waals surface area contributed by atoms with E-state index >= 15 is 0 Å². The maximum absolute atomic E-state index is 12.5. The van der Waals surface area contributed by atoms with Crippen LogP contribution in [-0.4, -0.2) is 89.3 Å². The topological polar surface area (TPSA) is 190 Å². The van der Waals surface area contributed by atoms with Crippen molar-refractivity contribution in [1.82, 2.24) is 5.32 Å². The minimum absolute atomic E-state index is 0.0185. The Labute approximate surface area is 462 Å². The Bertz CT molecular complexity index is 2070. The molecule has 12 bridgehead atoms. The number of esters is 5. The Balaban J connectivity index is 0.000000152. The van der Waals surface area contributed by atoms with Crippen molar-refractivity contribution in [2.75, 3.05) is 19.8 Å². The Kier molecular flexibility index (Phi) is 18.4. The molecular weight excluding hydrogens is 979 g/mol. The molecule has 1 heterocycles. The molecule has 1 aliphatic heterocycles. The van der Waals surface area contributed by atoms with Crippen molar-refractivity contribution in [2.45, 2.75) is 260 Å². The van der Waals surface area contributed by atoms with Crippen LogP contribution >= 0.6 is 0 Å². The van der Waals surface area contributed by atoms with Gasteiger partial charge in [0.15, 0.2) is 0 Å². The molecule has 0 aromatic carbocycles. The summed E-state index contributed by atoms with van der Waals surface area (Å²) < 4.78 is 33.0. The van der Waals surface area contributed by atoms with Crippen LogP contribution in [-0.2, 0) is 52.4 Å². The van der Waals surface area contributed by atoms with E-state index in [9.17, 15) is 33.9 Å². The van der Waals surface area contributed by atoms with E-state index in [2.05, 4.69) is 26.1 Å². The van der Waals surface area contributed by atoms with Crippen LogP contribution in [0.4, 0.5) is 4.79 Å². The van der Waals surface area contributed by atoms with Gasteiger partial charge in [0, 0.05) is 12.8 Å². The highest BCUT2D eigenvalue weighted by atomic mass is 16.6. The summed E-state index contributed by atoms with van der Waals surface area (Å²) in [4.78, 5) is 71.6. The molecule has 14 nitrogen and oxygen atoms in total. The molecule has 2 N–H and O–H groups in total. The highest BCUT2D eigenvalue weighted by molar-refractivity contribution is 5.83. The van der Waals surface area contributed by atoms with Gasteiger partial charge < -0.3 is 38.8 Å². The molecule has 1 amide bonds. The predicted molar refractivity (Wildman–Crippen MR) is 293 cm³/mol. The van der Waals surface area contributed by atoms with Crippen molar-refractivity contribution in [1.29, 1.82) is 0 Å². The molecule has 0 spiro atoms. The van der Waals surface area contributed by atoms with Gasteiger partial charge in [-0.3, -0.25) is 19.2 Å². The van der Waals surface area contributed by atoms with Crippen LogP contribution in [0.15, 0.2) is 0 Å². The maximum Gasteiger partial charge on any atom is 0.407 e. The first kappa shape index (κ1) is 61.2. The normalized spacial score (nSPS) is 37.6. The van der Waals surface area contributed by atoms with Crippen molar-refractivity contribution in [3.63, 3.8) is 0 Å². The van der Waals surface area contributed by atoms with E-state index in [4.69, 9.17) is 28.4 Å². The second-order valence-electron chi connectivity index (χ2n) is 29.4. The molecule has 13 rings (SSSR count). The number of amides is 1. The summed E-state index contributed by atoms with van der Waals surface area (Å²) in [6, 6.07) is 0. The molecule has 1 saturated heterocycles. The summed E-state index contributed by atoms with van der Waals surface area (Å²) in [7, 11) is 0. The number of hydrogen-bond acceptors (Lipinski definition) is 13. The number of alkyl carbamates (subject to hydrolysis) is 1. The second kappa shape index (κ2) is 23.2. The largest absolute Gasteiger partial charge is 0.463 e. The molecule has 13 fully saturated rings. The van der Waals surface area contributed by atoms with Crippen LogP contribution in [0, 0.1) is 80.8 Å². The lowest BCUT2D eigenvalue weighted by molar-refractivity contribution is -0.225. The van der Waals surface area contributed by atoms with Crippen LogP contribution in [0.1, 0.15) is 232 Å². The van der Waals surface area contributed by atoms with Crippen molar-refractivity contribution in [2.24, 2.45) is 80.8 Å². The molecule has 0 radical (unpaired) electrons. The molecule has 77 heavy (non-hydrogen) atoms. The molecule has 3 atom stereocenters. The van der Waals surface area contributed by atoms with E-state index in [0.29, 0.717) is 67.9 Å². The Morgan fingerprint density at radius 1 is 0.545 bits per heavy atom. The third kappa shape index (κ3) is 13.7. The fourth-order valence-electron chi connectivity index (χ4n) is 15.7. The molecule has 13 aliphatic rings. The maximum atomic E-state index is 12.5. The van der Waals surface area contributed by atoms with Crippen LogP contribution in [0.5, 0.6) is 0 Å². The van der Waals surface area contributed by atoms with Gasteiger partial charge in [0.2, 0.25) is 6.10 Å². The number of carbonyl (C=O) groups excluding carboxylic acids is 6. The van der Waals surface area contributed by atoms with Gasteiger partial charge >= 0.3 is 35.9 Å². The van der Waals surface area contributed by atoms with Gasteiger partial charge in [-0.1, -0.05) is 27.7 Å². The summed E-state index contributed by atoms with van der Waals surface area (Å²) in [5.41, 5.74) is -3.15. The number of carbonyl (C=O) groups is 6. The Morgan fingerprint density at radius 3 is 1.34 bits per heavy atom. The summed E-state index contributed by atoms with van der Waals surface area (Å²) in [5.74, 6) is 5.90. The molecular formula is C63H103NO13. The number of nitrogens with one attached hydrogen (secondary N) is 1. The lowest BCUT2D eigenvalue weighted by Gasteiger charge is -2.59.